The quantitative estimate of drug-likeness (QED) is 0.574. The molecule has 0 aromatic heterocycles. The van der Waals surface area contributed by atoms with Crippen LogP contribution in [0.3, 0.4) is 0 Å². The van der Waals surface area contributed by atoms with Crippen molar-refractivity contribution in [3.63, 3.8) is 0 Å². The van der Waals surface area contributed by atoms with Gasteiger partial charge < -0.3 is 9.16 Å². The molecule has 3 aliphatic rings. The summed E-state index contributed by atoms with van der Waals surface area (Å²) in [6, 6.07) is 0. The lowest BCUT2D eigenvalue weighted by molar-refractivity contribution is -0.113. The Hall–Kier alpha value is -0.973. The summed E-state index contributed by atoms with van der Waals surface area (Å²) < 4.78 is 13.1. The van der Waals surface area contributed by atoms with Crippen molar-refractivity contribution in [3.05, 3.63) is 36.0 Å². The van der Waals surface area contributed by atoms with Crippen molar-refractivity contribution in [1.82, 2.24) is 0 Å². The fraction of sp³-hybridized carbons (Fsp3) is 0.682. The SMILES string of the molecule is CC(C)[Si](OCC[C@@]12C=CC(=O)C3=CC=C[C@@H](CO1)[C@H]32)(C(C)C)C(C)C. The van der Waals surface area contributed by atoms with E-state index in [1.54, 1.807) is 6.08 Å². The maximum atomic E-state index is 12.3. The second kappa shape index (κ2) is 7.21. The Kier molecular flexibility index (Phi) is 5.49. The van der Waals surface area contributed by atoms with Gasteiger partial charge in [0.1, 0.15) is 0 Å². The zero-order chi connectivity index (χ0) is 19.1. The van der Waals surface area contributed by atoms with Gasteiger partial charge in [-0.25, -0.2) is 0 Å². The van der Waals surface area contributed by atoms with Crippen LogP contribution in [-0.4, -0.2) is 32.9 Å². The van der Waals surface area contributed by atoms with Crippen molar-refractivity contribution in [2.75, 3.05) is 13.2 Å². The number of ether oxygens (including phenoxy) is 1. The highest BCUT2D eigenvalue weighted by molar-refractivity contribution is 6.77. The molecular formula is C22H34O3Si. The van der Waals surface area contributed by atoms with Gasteiger partial charge in [-0.15, -0.1) is 0 Å². The van der Waals surface area contributed by atoms with Gasteiger partial charge in [-0.2, -0.15) is 0 Å². The van der Waals surface area contributed by atoms with Gasteiger partial charge >= 0.3 is 0 Å². The van der Waals surface area contributed by atoms with E-state index in [1.165, 1.54) is 0 Å². The summed E-state index contributed by atoms with van der Waals surface area (Å²) in [5, 5.41) is 0. The van der Waals surface area contributed by atoms with Crippen LogP contribution in [-0.2, 0) is 14.0 Å². The molecule has 1 saturated heterocycles. The number of allylic oxidation sites excluding steroid dienone is 3. The Morgan fingerprint density at radius 2 is 1.85 bits per heavy atom. The molecule has 0 aromatic rings. The van der Waals surface area contributed by atoms with E-state index in [4.69, 9.17) is 9.16 Å². The summed E-state index contributed by atoms with van der Waals surface area (Å²) >= 11 is 0. The molecule has 4 heteroatoms. The molecule has 26 heavy (non-hydrogen) atoms. The second-order valence-electron chi connectivity index (χ2n) is 9.03. The first-order valence-electron chi connectivity index (χ1n) is 10.1. The van der Waals surface area contributed by atoms with Gasteiger partial charge in [-0.1, -0.05) is 59.8 Å². The van der Waals surface area contributed by atoms with Gasteiger partial charge in [0.2, 0.25) is 0 Å². The Balaban J connectivity index is 1.79. The van der Waals surface area contributed by atoms with Gasteiger partial charge in [-0.3, -0.25) is 4.79 Å². The van der Waals surface area contributed by atoms with Crippen LogP contribution in [0.2, 0.25) is 16.6 Å². The molecule has 0 aromatic carbocycles. The first kappa shape index (κ1) is 19.8. The molecule has 2 aliphatic carbocycles. The first-order chi connectivity index (χ1) is 12.2. The minimum atomic E-state index is -1.88. The number of carbonyl (C=O) groups is 1. The van der Waals surface area contributed by atoms with E-state index < -0.39 is 8.32 Å². The van der Waals surface area contributed by atoms with E-state index in [0.29, 0.717) is 35.8 Å². The molecule has 0 amide bonds. The van der Waals surface area contributed by atoms with Gasteiger partial charge in [0.05, 0.1) is 12.2 Å². The molecule has 0 radical (unpaired) electrons. The van der Waals surface area contributed by atoms with E-state index in [1.807, 2.05) is 18.2 Å². The second-order valence-corrected chi connectivity index (χ2v) is 14.5. The summed E-state index contributed by atoms with van der Waals surface area (Å²) in [4.78, 5) is 12.3. The number of hydrogen-bond acceptors (Lipinski definition) is 3. The average molecular weight is 375 g/mol. The highest BCUT2D eigenvalue weighted by Gasteiger charge is 2.53. The number of carbonyl (C=O) groups excluding carboxylic acids is 1. The number of ketones is 1. The summed E-state index contributed by atoms with van der Waals surface area (Å²) in [5.74, 6) is 0.606. The molecule has 3 rings (SSSR count). The summed E-state index contributed by atoms with van der Waals surface area (Å²) in [5.41, 5.74) is 2.27. The van der Waals surface area contributed by atoms with Crippen LogP contribution in [0.25, 0.3) is 0 Å². The average Bonchev–Trinajstić information content (AvgIpc) is 2.95. The summed E-state index contributed by atoms with van der Waals surface area (Å²) in [6.07, 6.45) is 10.7. The Morgan fingerprint density at radius 1 is 1.19 bits per heavy atom. The van der Waals surface area contributed by atoms with Crippen LogP contribution >= 0.6 is 0 Å². The van der Waals surface area contributed by atoms with Crippen LogP contribution in [0.5, 0.6) is 0 Å². The zero-order valence-corrected chi connectivity index (χ0v) is 18.1. The van der Waals surface area contributed by atoms with Crippen molar-refractivity contribution in [3.8, 4) is 0 Å². The van der Waals surface area contributed by atoms with Crippen molar-refractivity contribution < 1.29 is 14.0 Å². The van der Waals surface area contributed by atoms with Crippen molar-refractivity contribution in [2.24, 2.45) is 11.8 Å². The van der Waals surface area contributed by atoms with E-state index >= 15 is 0 Å². The van der Waals surface area contributed by atoms with Gasteiger partial charge in [0, 0.05) is 30.4 Å². The van der Waals surface area contributed by atoms with E-state index in [0.717, 1.165) is 12.0 Å². The molecule has 3 atom stereocenters. The maximum Gasteiger partial charge on any atom is 0.200 e. The predicted octanol–water partition coefficient (Wildman–Crippen LogP) is 5.21. The fourth-order valence-corrected chi connectivity index (χ4v) is 11.2. The fourth-order valence-electron chi connectivity index (χ4n) is 5.76. The first-order valence-corrected chi connectivity index (χ1v) is 12.3. The number of rotatable bonds is 7. The van der Waals surface area contributed by atoms with Crippen LogP contribution < -0.4 is 0 Å². The molecule has 1 fully saturated rings. The maximum absolute atomic E-state index is 12.3. The normalized spacial score (nSPS) is 30.5. The van der Waals surface area contributed by atoms with Crippen molar-refractivity contribution >= 4 is 14.1 Å². The molecule has 144 valence electrons. The monoisotopic (exact) mass is 374 g/mol. The molecule has 1 heterocycles. The molecule has 1 aliphatic heterocycles. The zero-order valence-electron chi connectivity index (χ0n) is 17.1. The molecule has 0 bridgehead atoms. The number of hydrogen-bond donors (Lipinski definition) is 0. The predicted molar refractivity (Wildman–Crippen MR) is 109 cm³/mol. The van der Waals surface area contributed by atoms with Crippen LogP contribution in [0.1, 0.15) is 48.0 Å². The Morgan fingerprint density at radius 3 is 2.46 bits per heavy atom. The molecule has 0 N–H and O–H groups in total. The van der Waals surface area contributed by atoms with E-state index in [-0.39, 0.29) is 17.3 Å². The van der Waals surface area contributed by atoms with Gasteiger partial charge in [-0.05, 0) is 28.8 Å². The molecule has 3 nitrogen and oxygen atoms in total. The highest BCUT2D eigenvalue weighted by Crippen LogP contribution is 2.49. The minimum Gasteiger partial charge on any atom is -0.416 e. The Bertz CT molecular complexity index is 622. The third-order valence-corrected chi connectivity index (χ3v) is 12.9. The lowest BCUT2D eigenvalue weighted by Gasteiger charge is -2.44. The smallest absolute Gasteiger partial charge is 0.200 e. The topological polar surface area (TPSA) is 35.5 Å². The highest BCUT2D eigenvalue weighted by atomic mass is 28.4. The standard InChI is InChI=1S/C22H34O3Si/c1-15(2)26(16(3)4,17(5)6)25-13-12-22-11-10-20(23)19-9-7-8-18(14-24-22)21(19)22/h7-11,15-18,21H,12-14H2,1-6H3/t18-,21+,22+/m0/s1. The van der Waals surface area contributed by atoms with Crippen LogP contribution in [0.15, 0.2) is 36.0 Å². The van der Waals surface area contributed by atoms with E-state index in [9.17, 15) is 4.79 Å². The largest absolute Gasteiger partial charge is 0.416 e. The molecular weight excluding hydrogens is 340 g/mol. The lowest BCUT2D eigenvalue weighted by atomic mass is 9.68. The molecule has 0 saturated carbocycles. The summed E-state index contributed by atoms with van der Waals surface area (Å²) in [7, 11) is -1.88. The van der Waals surface area contributed by atoms with Crippen LogP contribution in [0, 0.1) is 11.8 Å². The summed E-state index contributed by atoms with van der Waals surface area (Å²) in [6.45, 7) is 15.3. The molecule has 0 spiro atoms. The minimum absolute atomic E-state index is 0.140. The Labute approximate surface area is 159 Å². The van der Waals surface area contributed by atoms with Gasteiger partial charge in [0.15, 0.2) is 14.1 Å². The third-order valence-electron chi connectivity index (χ3n) is 6.82. The van der Waals surface area contributed by atoms with Crippen molar-refractivity contribution in [2.45, 2.75) is 70.2 Å². The third kappa shape index (κ3) is 3.00. The van der Waals surface area contributed by atoms with Crippen molar-refractivity contribution in [1.29, 1.82) is 0 Å². The lowest BCUT2D eigenvalue weighted by Crippen LogP contribution is -2.49. The van der Waals surface area contributed by atoms with Crippen LogP contribution in [0.4, 0.5) is 0 Å². The molecule has 0 unspecified atom stereocenters. The van der Waals surface area contributed by atoms with E-state index in [2.05, 4.69) is 47.6 Å². The van der Waals surface area contributed by atoms with Gasteiger partial charge in [0.25, 0.3) is 0 Å².